The van der Waals surface area contributed by atoms with Gasteiger partial charge in [-0.3, -0.25) is 9.78 Å². The summed E-state index contributed by atoms with van der Waals surface area (Å²) < 4.78 is 10.8. The first kappa shape index (κ1) is 16.5. The summed E-state index contributed by atoms with van der Waals surface area (Å²) in [6.45, 7) is 4.40. The molecular weight excluding hydrogens is 292 g/mol. The number of aryl methyl sites for hydroxylation is 1. The number of anilines is 1. The summed E-state index contributed by atoms with van der Waals surface area (Å²) in [5.41, 5.74) is 2.51. The van der Waals surface area contributed by atoms with Crippen molar-refractivity contribution < 1.29 is 14.3 Å². The van der Waals surface area contributed by atoms with Gasteiger partial charge in [-0.05, 0) is 49.2 Å². The van der Waals surface area contributed by atoms with Crippen molar-refractivity contribution in [2.75, 3.05) is 19.0 Å². The average Bonchev–Trinajstić information content (AvgIpc) is 2.56. The van der Waals surface area contributed by atoms with Crippen LogP contribution in [0.1, 0.15) is 18.1 Å². The summed E-state index contributed by atoms with van der Waals surface area (Å²) in [4.78, 5) is 16.0. The first-order chi connectivity index (χ1) is 11.1. The second-order valence-electron chi connectivity index (χ2n) is 4.86. The third kappa shape index (κ3) is 4.57. The fraction of sp³-hybridized carbons (Fsp3) is 0.222. The molecular formula is C18H20N2O3. The largest absolute Gasteiger partial charge is 0.493 e. The predicted octanol–water partition coefficient (Wildman–Crippen LogP) is 3.45. The Morgan fingerprint density at radius 2 is 2.13 bits per heavy atom. The molecule has 1 aromatic heterocycles. The maximum atomic E-state index is 12.0. The van der Waals surface area contributed by atoms with E-state index in [4.69, 9.17) is 9.47 Å². The molecule has 0 aliphatic carbocycles. The molecule has 2 rings (SSSR count). The van der Waals surface area contributed by atoms with Gasteiger partial charge in [-0.15, -0.1) is 0 Å². The summed E-state index contributed by atoms with van der Waals surface area (Å²) in [7, 11) is 1.59. The van der Waals surface area contributed by atoms with Crippen LogP contribution in [0.25, 0.3) is 6.08 Å². The zero-order valence-electron chi connectivity index (χ0n) is 13.5. The smallest absolute Gasteiger partial charge is 0.248 e. The molecule has 0 aliphatic rings. The summed E-state index contributed by atoms with van der Waals surface area (Å²) >= 11 is 0. The van der Waals surface area contributed by atoms with Gasteiger partial charge in [0.25, 0.3) is 0 Å². The summed E-state index contributed by atoms with van der Waals surface area (Å²) in [6.07, 6.45) is 6.51. The zero-order valence-corrected chi connectivity index (χ0v) is 13.5. The number of hydrogen-bond acceptors (Lipinski definition) is 4. The molecule has 0 fully saturated rings. The van der Waals surface area contributed by atoms with Crippen LogP contribution in [0.5, 0.6) is 11.5 Å². The monoisotopic (exact) mass is 312 g/mol. The number of benzene rings is 1. The van der Waals surface area contributed by atoms with E-state index in [1.807, 2.05) is 38.1 Å². The topological polar surface area (TPSA) is 60.5 Å². The SMILES string of the molecule is CCOc1ccc(C=CC(=O)Nc2cnccc2C)cc1OC. The van der Waals surface area contributed by atoms with Gasteiger partial charge in [0.1, 0.15) is 0 Å². The lowest BCUT2D eigenvalue weighted by atomic mass is 10.2. The number of amides is 1. The third-order valence-electron chi connectivity index (χ3n) is 3.21. The molecule has 0 saturated heterocycles. The molecule has 1 amide bonds. The minimum Gasteiger partial charge on any atom is -0.493 e. The number of aromatic nitrogens is 1. The first-order valence-corrected chi connectivity index (χ1v) is 7.34. The van der Waals surface area contributed by atoms with Crippen LogP contribution in [0.2, 0.25) is 0 Å². The second-order valence-corrected chi connectivity index (χ2v) is 4.86. The van der Waals surface area contributed by atoms with Crippen molar-refractivity contribution in [1.29, 1.82) is 0 Å². The number of nitrogens with one attached hydrogen (secondary N) is 1. The number of methoxy groups -OCH3 is 1. The molecule has 2 aromatic rings. The molecule has 1 aromatic carbocycles. The van der Waals surface area contributed by atoms with Crippen LogP contribution in [0.4, 0.5) is 5.69 Å². The van der Waals surface area contributed by atoms with Crippen LogP contribution in [-0.4, -0.2) is 24.6 Å². The lowest BCUT2D eigenvalue weighted by Crippen LogP contribution is -2.09. The molecule has 0 bridgehead atoms. The quantitative estimate of drug-likeness (QED) is 0.830. The number of pyridine rings is 1. The van der Waals surface area contributed by atoms with E-state index in [2.05, 4.69) is 10.3 Å². The Hall–Kier alpha value is -2.82. The van der Waals surface area contributed by atoms with Crippen LogP contribution in [0, 0.1) is 6.92 Å². The highest BCUT2D eigenvalue weighted by molar-refractivity contribution is 6.02. The number of nitrogens with zero attached hydrogens (tertiary/aromatic N) is 1. The Bertz CT molecular complexity index is 711. The van der Waals surface area contributed by atoms with Gasteiger partial charge in [0.15, 0.2) is 11.5 Å². The molecule has 0 aliphatic heterocycles. The molecule has 0 saturated carbocycles. The van der Waals surface area contributed by atoms with Crippen molar-refractivity contribution in [2.45, 2.75) is 13.8 Å². The van der Waals surface area contributed by atoms with Crippen molar-refractivity contribution in [1.82, 2.24) is 4.98 Å². The van der Waals surface area contributed by atoms with Crippen molar-refractivity contribution in [2.24, 2.45) is 0 Å². The Morgan fingerprint density at radius 1 is 1.30 bits per heavy atom. The van der Waals surface area contributed by atoms with E-state index < -0.39 is 0 Å². The molecule has 1 heterocycles. The fourth-order valence-electron chi connectivity index (χ4n) is 2.00. The van der Waals surface area contributed by atoms with Crippen molar-refractivity contribution >= 4 is 17.7 Å². The van der Waals surface area contributed by atoms with Crippen LogP contribution in [-0.2, 0) is 4.79 Å². The van der Waals surface area contributed by atoms with Crippen LogP contribution >= 0.6 is 0 Å². The molecule has 5 nitrogen and oxygen atoms in total. The summed E-state index contributed by atoms with van der Waals surface area (Å²) in [6, 6.07) is 7.36. The highest BCUT2D eigenvalue weighted by Crippen LogP contribution is 2.28. The van der Waals surface area contributed by atoms with E-state index in [1.165, 1.54) is 6.08 Å². The number of carbonyl (C=O) groups is 1. The zero-order chi connectivity index (χ0) is 16.7. The molecule has 0 unspecified atom stereocenters. The van der Waals surface area contributed by atoms with E-state index in [0.717, 1.165) is 11.1 Å². The number of ether oxygens (including phenoxy) is 2. The normalized spacial score (nSPS) is 10.6. The van der Waals surface area contributed by atoms with Crippen LogP contribution in [0.3, 0.4) is 0 Å². The molecule has 5 heteroatoms. The number of hydrogen-bond donors (Lipinski definition) is 1. The molecule has 23 heavy (non-hydrogen) atoms. The Balaban J connectivity index is 2.07. The van der Waals surface area contributed by atoms with Gasteiger partial charge in [-0.2, -0.15) is 0 Å². The van der Waals surface area contributed by atoms with E-state index in [-0.39, 0.29) is 5.91 Å². The fourth-order valence-corrected chi connectivity index (χ4v) is 2.00. The predicted molar refractivity (Wildman–Crippen MR) is 90.8 cm³/mol. The Labute approximate surface area is 136 Å². The van der Waals surface area contributed by atoms with E-state index in [9.17, 15) is 4.79 Å². The van der Waals surface area contributed by atoms with Gasteiger partial charge in [-0.25, -0.2) is 0 Å². The highest BCUT2D eigenvalue weighted by atomic mass is 16.5. The van der Waals surface area contributed by atoms with E-state index in [0.29, 0.717) is 23.8 Å². The highest BCUT2D eigenvalue weighted by Gasteiger charge is 2.05. The lowest BCUT2D eigenvalue weighted by Gasteiger charge is -2.09. The van der Waals surface area contributed by atoms with Gasteiger partial charge in [0, 0.05) is 12.3 Å². The van der Waals surface area contributed by atoms with Gasteiger partial charge in [-0.1, -0.05) is 6.07 Å². The van der Waals surface area contributed by atoms with Gasteiger partial charge in [0.2, 0.25) is 5.91 Å². The van der Waals surface area contributed by atoms with Gasteiger partial charge >= 0.3 is 0 Å². The second kappa shape index (κ2) is 7.98. The Morgan fingerprint density at radius 3 is 2.83 bits per heavy atom. The van der Waals surface area contributed by atoms with Gasteiger partial charge in [0.05, 0.1) is 25.6 Å². The molecule has 0 atom stereocenters. The summed E-state index contributed by atoms with van der Waals surface area (Å²) in [5, 5.41) is 2.80. The van der Waals surface area contributed by atoms with Crippen LogP contribution in [0.15, 0.2) is 42.7 Å². The van der Waals surface area contributed by atoms with E-state index in [1.54, 1.807) is 25.6 Å². The average molecular weight is 312 g/mol. The minimum absolute atomic E-state index is 0.214. The van der Waals surface area contributed by atoms with Crippen molar-refractivity contribution in [3.05, 3.63) is 53.9 Å². The van der Waals surface area contributed by atoms with Crippen molar-refractivity contribution in [3.63, 3.8) is 0 Å². The third-order valence-corrected chi connectivity index (χ3v) is 3.21. The lowest BCUT2D eigenvalue weighted by molar-refractivity contribution is -0.111. The van der Waals surface area contributed by atoms with E-state index >= 15 is 0 Å². The van der Waals surface area contributed by atoms with Crippen LogP contribution < -0.4 is 14.8 Å². The molecule has 120 valence electrons. The number of carbonyl (C=O) groups excluding carboxylic acids is 1. The summed E-state index contributed by atoms with van der Waals surface area (Å²) in [5.74, 6) is 1.11. The standard InChI is InChI=1S/C18H20N2O3/c1-4-23-16-7-5-14(11-17(16)22-3)6-8-18(21)20-15-12-19-10-9-13(15)2/h5-12H,4H2,1-3H3,(H,20,21). The Kier molecular flexibility index (Phi) is 5.74. The first-order valence-electron chi connectivity index (χ1n) is 7.34. The maximum absolute atomic E-state index is 12.0. The molecule has 0 spiro atoms. The van der Waals surface area contributed by atoms with Gasteiger partial charge < -0.3 is 14.8 Å². The maximum Gasteiger partial charge on any atom is 0.248 e. The minimum atomic E-state index is -0.214. The molecule has 0 radical (unpaired) electrons. The van der Waals surface area contributed by atoms with Crippen molar-refractivity contribution in [3.8, 4) is 11.5 Å². The number of rotatable bonds is 6. The molecule has 1 N–H and O–H groups in total.